The van der Waals surface area contributed by atoms with Crippen molar-refractivity contribution >= 4 is 0 Å². The number of hydrogen-bond acceptors (Lipinski definition) is 2. The molecule has 0 aromatic rings. The summed E-state index contributed by atoms with van der Waals surface area (Å²) in [6.07, 6.45) is 13.8. The second-order valence-corrected chi connectivity index (χ2v) is 12.3. The molecule has 2 heteroatoms. The van der Waals surface area contributed by atoms with Gasteiger partial charge in [0, 0.05) is 0 Å². The zero-order valence-corrected chi connectivity index (χ0v) is 19.7. The van der Waals surface area contributed by atoms with Gasteiger partial charge in [-0.25, -0.2) is 0 Å². The first-order valence-electron chi connectivity index (χ1n) is 12.7. The molecule has 4 rings (SSSR count). The summed E-state index contributed by atoms with van der Waals surface area (Å²) in [5.41, 5.74) is 2.09. The van der Waals surface area contributed by atoms with Crippen molar-refractivity contribution in [3.8, 4) is 0 Å². The molecule has 0 spiro atoms. The molecule has 4 aliphatic rings. The van der Waals surface area contributed by atoms with E-state index in [0.717, 1.165) is 36.0 Å². The third kappa shape index (κ3) is 3.65. The van der Waals surface area contributed by atoms with Gasteiger partial charge in [0.15, 0.2) is 0 Å². The Morgan fingerprint density at radius 1 is 1.00 bits per heavy atom. The van der Waals surface area contributed by atoms with Crippen LogP contribution in [0.3, 0.4) is 0 Å². The van der Waals surface area contributed by atoms with Gasteiger partial charge in [-0.2, -0.15) is 0 Å². The first-order chi connectivity index (χ1) is 13.7. The molecule has 3 saturated carbocycles. The van der Waals surface area contributed by atoms with Gasteiger partial charge >= 0.3 is 0 Å². The van der Waals surface area contributed by atoms with E-state index in [1.165, 1.54) is 56.9 Å². The Balaban J connectivity index is 1.50. The van der Waals surface area contributed by atoms with E-state index in [1.807, 2.05) is 0 Å². The fraction of sp³-hybridized carbons (Fsp3) is 0.926. The Bertz CT molecular complexity index is 624. The maximum Gasteiger partial charge on any atom is 0.0836 e. The van der Waals surface area contributed by atoms with Gasteiger partial charge < -0.3 is 10.2 Å². The highest BCUT2D eigenvalue weighted by Gasteiger charge is 2.59. The first-order valence-corrected chi connectivity index (χ1v) is 12.7. The van der Waals surface area contributed by atoms with Crippen LogP contribution >= 0.6 is 0 Å². The molecule has 0 bridgehead atoms. The Hall–Kier alpha value is -0.340. The van der Waals surface area contributed by atoms with Crippen molar-refractivity contribution in [3.63, 3.8) is 0 Å². The Kier molecular flexibility index (Phi) is 6.01. The third-order valence-corrected chi connectivity index (χ3v) is 10.3. The second-order valence-electron chi connectivity index (χ2n) is 12.3. The number of rotatable bonds is 5. The summed E-state index contributed by atoms with van der Waals surface area (Å²) in [6.45, 7) is 12.3. The quantitative estimate of drug-likeness (QED) is 0.525. The summed E-state index contributed by atoms with van der Waals surface area (Å²) in [5, 5.41) is 20.7. The van der Waals surface area contributed by atoms with Crippen LogP contribution in [-0.4, -0.2) is 22.4 Å². The highest BCUT2D eigenvalue weighted by Crippen LogP contribution is 2.67. The van der Waals surface area contributed by atoms with E-state index in [2.05, 4.69) is 40.7 Å². The van der Waals surface area contributed by atoms with E-state index in [9.17, 15) is 10.2 Å². The minimum Gasteiger partial charge on any atom is -0.390 e. The molecule has 0 aliphatic heterocycles. The van der Waals surface area contributed by atoms with Gasteiger partial charge in [0.2, 0.25) is 0 Å². The third-order valence-electron chi connectivity index (χ3n) is 10.3. The minimum absolute atomic E-state index is 0.115. The van der Waals surface area contributed by atoms with E-state index in [1.54, 1.807) is 0 Å². The summed E-state index contributed by atoms with van der Waals surface area (Å²) < 4.78 is 0. The fourth-order valence-electron chi connectivity index (χ4n) is 8.71. The summed E-state index contributed by atoms with van der Waals surface area (Å²) in [4.78, 5) is 0. The molecule has 2 nitrogen and oxygen atoms in total. The monoisotopic (exact) mass is 402 g/mol. The molecule has 3 fully saturated rings. The Morgan fingerprint density at radius 2 is 1.76 bits per heavy atom. The van der Waals surface area contributed by atoms with E-state index in [0.29, 0.717) is 17.8 Å². The molecule has 166 valence electrons. The predicted molar refractivity (Wildman–Crippen MR) is 120 cm³/mol. The number of aliphatic hydroxyl groups excluding tert-OH is 2. The molecule has 9 atom stereocenters. The van der Waals surface area contributed by atoms with Crippen LogP contribution in [0.15, 0.2) is 11.6 Å². The van der Waals surface area contributed by atoms with Crippen molar-refractivity contribution in [3.05, 3.63) is 11.6 Å². The van der Waals surface area contributed by atoms with Gasteiger partial charge in [-0.15, -0.1) is 0 Å². The molecule has 4 aliphatic carbocycles. The molecule has 0 amide bonds. The Morgan fingerprint density at radius 3 is 2.48 bits per heavy atom. The summed E-state index contributed by atoms with van der Waals surface area (Å²) in [7, 11) is 0. The molecule has 0 heterocycles. The predicted octanol–water partition coefficient (Wildman–Crippen LogP) is 6.36. The van der Waals surface area contributed by atoms with E-state index in [4.69, 9.17) is 0 Å². The van der Waals surface area contributed by atoms with Crippen molar-refractivity contribution in [1.29, 1.82) is 0 Å². The standard InChI is InChI=1S/C27H46O2/c1-17(2)7-6-8-18(3)21-11-12-22-20-10-9-19-15-24(28)25(29)16-27(19,5)23(20)13-14-26(21,22)4/h9,17-18,20-25,28-29H,6-8,10-16H2,1-5H3. The van der Waals surface area contributed by atoms with Crippen LogP contribution in [0.1, 0.15) is 98.8 Å². The number of aliphatic hydroxyl groups is 2. The molecular weight excluding hydrogens is 356 g/mol. The average Bonchev–Trinajstić information content (AvgIpc) is 3.00. The second kappa shape index (κ2) is 7.97. The lowest BCUT2D eigenvalue weighted by molar-refractivity contribution is -0.0889. The molecule has 0 aromatic carbocycles. The van der Waals surface area contributed by atoms with Gasteiger partial charge in [0.1, 0.15) is 0 Å². The zero-order chi connectivity index (χ0) is 21.0. The lowest BCUT2D eigenvalue weighted by Gasteiger charge is -2.59. The normalized spacial score (nSPS) is 47.9. The lowest BCUT2D eigenvalue weighted by atomic mass is 9.46. The van der Waals surface area contributed by atoms with Crippen molar-refractivity contribution in [2.24, 2.45) is 46.3 Å². The minimum atomic E-state index is -0.553. The van der Waals surface area contributed by atoms with E-state index >= 15 is 0 Å². The molecule has 0 radical (unpaired) electrons. The van der Waals surface area contributed by atoms with Crippen LogP contribution in [0.25, 0.3) is 0 Å². The van der Waals surface area contributed by atoms with Crippen molar-refractivity contribution in [2.45, 2.75) is 111 Å². The van der Waals surface area contributed by atoms with Crippen LogP contribution in [-0.2, 0) is 0 Å². The number of fused-ring (bicyclic) bond motifs is 5. The van der Waals surface area contributed by atoms with Crippen LogP contribution in [0, 0.1) is 46.3 Å². The molecule has 2 N–H and O–H groups in total. The van der Waals surface area contributed by atoms with Crippen LogP contribution in [0.4, 0.5) is 0 Å². The smallest absolute Gasteiger partial charge is 0.0836 e. The van der Waals surface area contributed by atoms with Gasteiger partial charge in [-0.3, -0.25) is 0 Å². The van der Waals surface area contributed by atoms with Gasteiger partial charge in [-0.05, 0) is 91.3 Å². The van der Waals surface area contributed by atoms with E-state index in [-0.39, 0.29) is 5.41 Å². The van der Waals surface area contributed by atoms with Crippen LogP contribution in [0.2, 0.25) is 0 Å². The zero-order valence-electron chi connectivity index (χ0n) is 19.7. The van der Waals surface area contributed by atoms with Gasteiger partial charge in [0.25, 0.3) is 0 Å². The summed E-state index contributed by atoms with van der Waals surface area (Å²) >= 11 is 0. The molecule has 9 unspecified atom stereocenters. The SMILES string of the molecule is CC(C)CCCC(C)C1CCC2C3CC=C4CC(O)C(O)CC4(C)C3CCC12C. The van der Waals surface area contributed by atoms with Crippen LogP contribution in [0.5, 0.6) is 0 Å². The fourth-order valence-corrected chi connectivity index (χ4v) is 8.71. The lowest BCUT2D eigenvalue weighted by Crippen LogP contribution is -2.53. The summed E-state index contributed by atoms with van der Waals surface area (Å²) in [5.74, 6) is 4.95. The maximum absolute atomic E-state index is 10.5. The molecule has 29 heavy (non-hydrogen) atoms. The topological polar surface area (TPSA) is 40.5 Å². The average molecular weight is 403 g/mol. The van der Waals surface area contributed by atoms with Gasteiger partial charge in [0.05, 0.1) is 12.2 Å². The summed E-state index contributed by atoms with van der Waals surface area (Å²) in [6, 6.07) is 0. The Labute approximate surface area is 179 Å². The maximum atomic E-state index is 10.5. The molecular formula is C27H46O2. The molecule has 0 saturated heterocycles. The van der Waals surface area contributed by atoms with Crippen molar-refractivity contribution < 1.29 is 10.2 Å². The first kappa shape index (κ1) is 21.9. The molecule has 0 aromatic heterocycles. The van der Waals surface area contributed by atoms with Crippen LogP contribution < -0.4 is 0 Å². The van der Waals surface area contributed by atoms with Crippen molar-refractivity contribution in [1.82, 2.24) is 0 Å². The highest BCUT2D eigenvalue weighted by molar-refractivity contribution is 5.26. The number of allylic oxidation sites excluding steroid dienone is 1. The van der Waals surface area contributed by atoms with Crippen molar-refractivity contribution in [2.75, 3.05) is 0 Å². The number of hydrogen-bond donors (Lipinski definition) is 2. The highest BCUT2D eigenvalue weighted by atomic mass is 16.3. The van der Waals surface area contributed by atoms with Gasteiger partial charge in [-0.1, -0.05) is 65.5 Å². The van der Waals surface area contributed by atoms with E-state index < -0.39 is 12.2 Å². The largest absolute Gasteiger partial charge is 0.390 e.